The molecule has 0 aliphatic carbocycles. The minimum Gasteiger partial charge on any atom is -0.390 e. The van der Waals surface area contributed by atoms with Gasteiger partial charge in [0.25, 0.3) is 0 Å². The molecule has 24 heavy (non-hydrogen) atoms. The molecule has 0 bridgehead atoms. The number of hydrogen-bond acceptors (Lipinski definition) is 6. The maximum absolute atomic E-state index is 9.46. The van der Waals surface area contributed by atoms with Crippen molar-refractivity contribution in [1.29, 1.82) is 0 Å². The van der Waals surface area contributed by atoms with Gasteiger partial charge in [0, 0.05) is 23.3 Å². The highest BCUT2D eigenvalue weighted by molar-refractivity contribution is 7.99. The van der Waals surface area contributed by atoms with Gasteiger partial charge in [-0.15, -0.1) is 22.9 Å². The molecule has 0 fully saturated rings. The summed E-state index contributed by atoms with van der Waals surface area (Å²) in [6.45, 7) is 0.432. The average Bonchev–Trinajstić information content (AvgIpc) is 3.16. The Balaban J connectivity index is 1.65. The van der Waals surface area contributed by atoms with Crippen LogP contribution in [0, 0.1) is 0 Å². The standard InChI is InChI=1S/C17H16ClN3OS2/c18-10-13(22)11-20-12-3-5-14(6-4-12)24-17-19-8-7-15(21-17)16-2-1-9-23-16/h1-9,13,20,22H,10-11H2. The average molecular weight is 378 g/mol. The van der Waals surface area contributed by atoms with Gasteiger partial charge < -0.3 is 10.4 Å². The fourth-order valence-corrected chi connectivity index (χ4v) is 3.53. The first-order valence-electron chi connectivity index (χ1n) is 7.37. The van der Waals surface area contributed by atoms with E-state index in [2.05, 4.69) is 21.4 Å². The molecule has 2 N–H and O–H groups in total. The van der Waals surface area contributed by atoms with Crippen LogP contribution in [0.1, 0.15) is 0 Å². The van der Waals surface area contributed by atoms with Crippen molar-refractivity contribution in [2.45, 2.75) is 16.2 Å². The summed E-state index contributed by atoms with van der Waals surface area (Å²) < 4.78 is 0. The predicted molar refractivity (Wildman–Crippen MR) is 101 cm³/mol. The third-order valence-electron chi connectivity index (χ3n) is 3.19. The number of nitrogens with one attached hydrogen (secondary N) is 1. The maximum Gasteiger partial charge on any atom is 0.192 e. The topological polar surface area (TPSA) is 58.0 Å². The predicted octanol–water partition coefficient (Wildman–Crippen LogP) is 4.37. The molecule has 1 unspecified atom stereocenters. The minimum absolute atomic E-state index is 0.221. The quantitative estimate of drug-likeness (QED) is 0.473. The lowest BCUT2D eigenvalue weighted by Crippen LogP contribution is -2.20. The Morgan fingerprint density at radius 3 is 2.75 bits per heavy atom. The molecule has 2 aromatic heterocycles. The third-order valence-corrected chi connectivity index (χ3v) is 5.33. The molecule has 0 saturated carbocycles. The molecular formula is C17H16ClN3OS2. The van der Waals surface area contributed by atoms with E-state index in [-0.39, 0.29) is 5.88 Å². The first-order valence-corrected chi connectivity index (χ1v) is 9.60. The molecule has 0 saturated heterocycles. The van der Waals surface area contributed by atoms with Gasteiger partial charge in [-0.2, -0.15) is 0 Å². The van der Waals surface area contributed by atoms with E-state index in [0.29, 0.717) is 6.54 Å². The van der Waals surface area contributed by atoms with Crippen LogP contribution < -0.4 is 5.32 Å². The number of thiophene rings is 1. The summed E-state index contributed by atoms with van der Waals surface area (Å²) in [6.07, 6.45) is 1.24. The smallest absolute Gasteiger partial charge is 0.192 e. The Hall–Kier alpha value is -1.60. The summed E-state index contributed by atoms with van der Waals surface area (Å²) in [5.74, 6) is 0.221. The van der Waals surface area contributed by atoms with Crippen LogP contribution in [0.15, 0.2) is 64.1 Å². The highest BCUT2D eigenvalue weighted by Crippen LogP contribution is 2.28. The molecule has 3 aromatic rings. The maximum atomic E-state index is 9.46. The van der Waals surface area contributed by atoms with E-state index in [1.165, 1.54) is 11.8 Å². The fourth-order valence-electron chi connectivity index (χ4n) is 1.99. The largest absolute Gasteiger partial charge is 0.390 e. The van der Waals surface area contributed by atoms with Gasteiger partial charge in [-0.1, -0.05) is 6.07 Å². The number of nitrogens with zero attached hydrogens (tertiary/aromatic N) is 2. The van der Waals surface area contributed by atoms with Gasteiger partial charge in [0.15, 0.2) is 5.16 Å². The lowest BCUT2D eigenvalue weighted by molar-refractivity contribution is 0.211. The van der Waals surface area contributed by atoms with Gasteiger partial charge >= 0.3 is 0 Å². The highest BCUT2D eigenvalue weighted by Gasteiger charge is 2.06. The van der Waals surface area contributed by atoms with Crippen LogP contribution in [0.25, 0.3) is 10.6 Å². The number of rotatable bonds is 7. The van der Waals surface area contributed by atoms with E-state index in [1.54, 1.807) is 17.5 Å². The van der Waals surface area contributed by atoms with Crippen LogP contribution in [-0.4, -0.2) is 33.6 Å². The summed E-state index contributed by atoms with van der Waals surface area (Å²) in [4.78, 5) is 11.1. The summed E-state index contributed by atoms with van der Waals surface area (Å²) >= 11 is 8.76. The monoisotopic (exact) mass is 377 g/mol. The lowest BCUT2D eigenvalue weighted by atomic mass is 10.3. The number of anilines is 1. The lowest BCUT2D eigenvalue weighted by Gasteiger charge is -2.10. The number of hydrogen-bond donors (Lipinski definition) is 2. The Morgan fingerprint density at radius 2 is 2.04 bits per heavy atom. The fraction of sp³-hybridized carbons (Fsp3) is 0.176. The van der Waals surface area contributed by atoms with Gasteiger partial charge in [0.1, 0.15) is 0 Å². The molecular weight excluding hydrogens is 362 g/mol. The molecule has 3 rings (SSSR count). The van der Waals surface area contributed by atoms with Crippen molar-refractivity contribution >= 4 is 40.4 Å². The van der Waals surface area contributed by atoms with Crippen molar-refractivity contribution in [3.05, 3.63) is 54.0 Å². The number of benzene rings is 1. The summed E-state index contributed by atoms with van der Waals surface area (Å²) in [5.41, 5.74) is 1.88. The second-order valence-electron chi connectivity index (χ2n) is 5.02. The van der Waals surface area contributed by atoms with Crippen molar-refractivity contribution in [1.82, 2.24) is 9.97 Å². The summed E-state index contributed by atoms with van der Waals surface area (Å²) in [5, 5.41) is 15.4. The minimum atomic E-state index is -0.547. The van der Waals surface area contributed by atoms with Crippen LogP contribution in [-0.2, 0) is 0 Å². The normalized spacial score (nSPS) is 12.1. The Bertz CT molecular complexity index is 766. The Morgan fingerprint density at radius 1 is 1.21 bits per heavy atom. The summed E-state index contributed by atoms with van der Waals surface area (Å²) in [6, 6.07) is 13.9. The van der Waals surface area contributed by atoms with Crippen molar-refractivity contribution in [3.63, 3.8) is 0 Å². The number of aliphatic hydroxyl groups excluding tert-OH is 1. The first-order chi connectivity index (χ1) is 11.7. The second kappa shape index (κ2) is 8.48. The molecule has 1 aromatic carbocycles. The number of aromatic nitrogens is 2. The highest BCUT2D eigenvalue weighted by atomic mass is 35.5. The number of halogens is 1. The zero-order valence-electron chi connectivity index (χ0n) is 12.7. The van der Waals surface area contributed by atoms with Crippen LogP contribution in [0.5, 0.6) is 0 Å². The zero-order chi connectivity index (χ0) is 16.8. The van der Waals surface area contributed by atoms with E-state index in [0.717, 1.165) is 26.3 Å². The molecule has 0 spiro atoms. The van der Waals surface area contributed by atoms with Crippen LogP contribution in [0.4, 0.5) is 5.69 Å². The second-order valence-corrected chi connectivity index (χ2v) is 7.31. The van der Waals surface area contributed by atoms with E-state index >= 15 is 0 Å². The molecule has 0 aliphatic heterocycles. The van der Waals surface area contributed by atoms with Gasteiger partial charge in [-0.3, -0.25) is 0 Å². The van der Waals surface area contributed by atoms with E-state index < -0.39 is 6.10 Å². The molecule has 124 valence electrons. The molecule has 0 radical (unpaired) electrons. The van der Waals surface area contributed by atoms with Crippen molar-refractivity contribution in [2.24, 2.45) is 0 Å². The Labute approximate surface area is 153 Å². The van der Waals surface area contributed by atoms with E-state index in [9.17, 15) is 5.11 Å². The van der Waals surface area contributed by atoms with Gasteiger partial charge in [-0.25, -0.2) is 9.97 Å². The molecule has 4 nitrogen and oxygen atoms in total. The van der Waals surface area contributed by atoms with Crippen LogP contribution in [0.2, 0.25) is 0 Å². The molecule has 2 heterocycles. The molecule has 1 atom stereocenters. The van der Waals surface area contributed by atoms with Crippen LogP contribution >= 0.6 is 34.7 Å². The number of alkyl halides is 1. The van der Waals surface area contributed by atoms with Crippen LogP contribution in [0.3, 0.4) is 0 Å². The summed E-state index contributed by atoms with van der Waals surface area (Å²) in [7, 11) is 0. The molecule has 0 amide bonds. The van der Waals surface area contributed by atoms with Gasteiger partial charge in [0.2, 0.25) is 0 Å². The van der Waals surface area contributed by atoms with Gasteiger partial charge in [-0.05, 0) is 53.5 Å². The number of aliphatic hydroxyl groups is 1. The van der Waals surface area contributed by atoms with E-state index in [4.69, 9.17) is 11.6 Å². The zero-order valence-corrected chi connectivity index (χ0v) is 15.1. The van der Waals surface area contributed by atoms with Crippen molar-refractivity contribution in [2.75, 3.05) is 17.7 Å². The first kappa shape index (κ1) is 17.2. The Kier molecular flexibility index (Phi) is 6.09. The van der Waals surface area contributed by atoms with E-state index in [1.807, 2.05) is 41.8 Å². The van der Waals surface area contributed by atoms with Crippen molar-refractivity contribution in [3.8, 4) is 10.6 Å². The molecule has 7 heteroatoms. The molecule has 0 aliphatic rings. The van der Waals surface area contributed by atoms with Gasteiger partial charge in [0.05, 0.1) is 22.6 Å². The SMILES string of the molecule is OC(CCl)CNc1ccc(Sc2nccc(-c3cccs3)n2)cc1. The van der Waals surface area contributed by atoms with Crippen molar-refractivity contribution < 1.29 is 5.11 Å². The third kappa shape index (κ3) is 4.70.